The van der Waals surface area contributed by atoms with E-state index in [0.29, 0.717) is 25.7 Å². The third-order valence-corrected chi connectivity index (χ3v) is 10.3. The summed E-state index contributed by atoms with van der Waals surface area (Å²) in [4.78, 5) is 50.3. The van der Waals surface area contributed by atoms with E-state index in [1.807, 2.05) is 0 Å². The second kappa shape index (κ2) is 39.1. The molecule has 9 nitrogen and oxygen atoms in total. The van der Waals surface area contributed by atoms with Crippen molar-refractivity contribution in [3.63, 3.8) is 0 Å². The fraction of sp³-hybridized carbons (Fsp3) is 0.911. The van der Waals surface area contributed by atoms with E-state index in [9.17, 15) is 24.3 Å². The molecule has 0 heterocycles. The number of carbonyl (C=O) groups excluding carboxylic acids is 4. The van der Waals surface area contributed by atoms with E-state index in [-0.39, 0.29) is 56.4 Å². The van der Waals surface area contributed by atoms with Crippen LogP contribution >= 0.6 is 0 Å². The number of esters is 4. The molecule has 0 aromatic heterocycles. The van der Waals surface area contributed by atoms with Crippen LogP contribution in [-0.4, -0.2) is 61.5 Å². The first-order valence-corrected chi connectivity index (χ1v) is 22.6. The Kier molecular flexibility index (Phi) is 37.5. The van der Waals surface area contributed by atoms with Gasteiger partial charge in [-0.1, -0.05) is 156 Å². The Morgan fingerprint density at radius 2 is 0.778 bits per heavy atom. The molecule has 0 aliphatic carbocycles. The van der Waals surface area contributed by atoms with E-state index in [4.69, 9.17) is 18.9 Å². The standard InChI is InChI=1S/C45H84O9/c1-5-9-13-17-19-23-31-39(29-21-15-11-7-3)44(49)51-35-27-25-33-42(47)53-38-41(37-46)54-43(48)34-26-28-36-52-45(50)40(30-22-16-12-8-4)32-24-20-18-14-10-6-2/h39-41,46H,5-38H2,1-4H3/t39?,40?,41-/m0/s1. The molecule has 0 rings (SSSR count). The number of aliphatic hydroxyl groups excluding tert-OH is 1. The van der Waals surface area contributed by atoms with E-state index in [0.717, 1.165) is 77.0 Å². The Labute approximate surface area is 331 Å². The summed E-state index contributed by atoms with van der Waals surface area (Å²) in [6.07, 6.45) is 28.5. The molecule has 2 unspecified atom stereocenters. The Hall–Kier alpha value is -2.16. The van der Waals surface area contributed by atoms with Gasteiger partial charge in [-0.2, -0.15) is 0 Å². The summed E-state index contributed by atoms with van der Waals surface area (Å²) in [5.74, 6) is -1.27. The maximum atomic E-state index is 12.8. The summed E-state index contributed by atoms with van der Waals surface area (Å²) in [5, 5.41) is 9.67. The average Bonchev–Trinajstić information content (AvgIpc) is 3.17. The average molecular weight is 769 g/mol. The van der Waals surface area contributed by atoms with Crippen LogP contribution in [0.5, 0.6) is 0 Å². The molecule has 0 amide bonds. The van der Waals surface area contributed by atoms with Crippen LogP contribution in [0.4, 0.5) is 0 Å². The zero-order chi connectivity index (χ0) is 39.9. The van der Waals surface area contributed by atoms with Crippen molar-refractivity contribution in [1.82, 2.24) is 0 Å². The van der Waals surface area contributed by atoms with Crippen LogP contribution in [0.25, 0.3) is 0 Å². The minimum Gasteiger partial charge on any atom is -0.465 e. The van der Waals surface area contributed by atoms with Gasteiger partial charge < -0.3 is 24.1 Å². The Morgan fingerprint density at radius 1 is 0.426 bits per heavy atom. The highest BCUT2D eigenvalue weighted by atomic mass is 16.6. The summed E-state index contributed by atoms with van der Waals surface area (Å²) in [7, 11) is 0. The lowest BCUT2D eigenvalue weighted by Gasteiger charge is -2.17. The zero-order valence-corrected chi connectivity index (χ0v) is 35.5. The molecular formula is C45H84O9. The van der Waals surface area contributed by atoms with Gasteiger partial charge in [-0.15, -0.1) is 0 Å². The van der Waals surface area contributed by atoms with E-state index in [2.05, 4.69) is 27.7 Å². The Morgan fingerprint density at radius 3 is 1.17 bits per heavy atom. The topological polar surface area (TPSA) is 125 Å². The summed E-state index contributed by atoms with van der Waals surface area (Å²) < 4.78 is 21.8. The van der Waals surface area contributed by atoms with Crippen LogP contribution in [0, 0.1) is 11.8 Å². The number of aliphatic hydroxyl groups is 1. The van der Waals surface area contributed by atoms with Gasteiger partial charge in [0.1, 0.15) is 6.61 Å². The highest BCUT2D eigenvalue weighted by Crippen LogP contribution is 2.22. The molecule has 9 heteroatoms. The van der Waals surface area contributed by atoms with Crippen molar-refractivity contribution in [2.75, 3.05) is 26.4 Å². The molecule has 0 saturated heterocycles. The van der Waals surface area contributed by atoms with Gasteiger partial charge in [-0.3, -0.25) is 19.2 Å². The monoisotopic (exact) mass is 769 g/mol. The quantitative estimate of drug-likeness (QED) is 0.0368. The van der Waals surface area contributed by atoms with Crippen LogP contribution in [-0.2, 0) is 38.1 Å². The molecule has 0 aliphatic rings. The van der Waals surface area contributed by atoms with Crippen molar-refractivity contribution in [2.24, 2.45) is 11.8 Å². The first-order valence-electron chi connectivity index (χ1n) is 22.6. The number of ether oxygens (including phenoxy) is 4. The molecule has 0 radical (unpaired) electrons. The van der Waals surface area contributed by atoms with E-state index >= 15 is 0 Å². The fourth-order valence-electron chi connectivity index (χ4n) is 6.69. The van der Waals surface area contributed by atoms with Gasteiger partial charge in [0, 0.05) is 12.8 Å². The second-order valence-electron chi connectivity index (χ2n) is 15.4. The molecule has 1 N–H and O–H groups in total. The molecule has 0 aromatic rings. The molecular weight excluding hydrogens is 684 g/mol. The smallest absolute Gasteiger partial charge is 0.308 e. The summed E-state index contributed by atoms with van der Waals surface area (Å²) >= 11 is 0. The van der Waals surface area contributed by atoms with Gasteiger partial charge in [-0.25, -0.2) is 0 Å². The van der Waals surface area contributed by atoms with Gasteiger partial charge in [-0.05, 0) is 51.4 Å². The first kappa shape index (κ1) is 51.8. The maximum Gasteiger partial charge on any atom is 0.308 e. The molecule has 0 spiro atoms. The lowest BCUT2D eigenvalue weighted by Crippen LogP contribution is -2.28. The summed E-state index contributed by atoms with van der Waals surface area (Å²) in [6.45, 7) is 8.68. The summed E-state index contributed by atoms with van der Waals surface area (Å²) in [6, 6.07) is 0. The van der Waals surface area contributed by atoms with Crippen LogP contribution in [0.1, 0.15) is 220 Å². The fourth-order valence-corrected chi connectivity index (χ4v) is 6.69. The highest BCUT2D eigenvalue weighted by Gasteiger charge is 2.21. The SMILES string of the molecule is CCCCCCCCC(CCCCCC)C(=O)OCCCCC(=O)OC[C@H](CO)OC(=O)CCCCOC(=O)C(CCCCCC)CCCCCCCC. The Balaban J connectivity index is 4.31. The zero-order valence-electron chi connectivity index (χ0n) is 35.5. The van der Waals surface area contributed by atoms with Crippen molar-refractivity contribution < 1.29 is 43.2 Å². The number of unbranched alkanes of at least 4 members (excludes halogenated alkanes) is 18. The lowest BCUT2D eigenvalue weighted by atomic mass is 9.94. The third-order valence-electron chi connectivity index (χ3n) is 10.3. The minimum absolute atomic E-state index is 0.0455. The van der Waals surface area contributed by atoms with Crippen LogP contribution in [0.3, 0.4) is 0 Å². The van der Waals surface area contributed by atoms with Gasteiger partial charge in [0.25, 0.3) is 0 Å². The highest BCUT2D eigenvalue weighted by molar-refractivity contribution is 5.73. The normalized spacial score (nSPS) is 12.9. The van der Waals surface area contributed by atoms with E-state index in [1.54, 1.807) is 0 Å². The van der Waals surface area contributed by atoms with Gasteiger partial charge in [0.2, 0.25) is 0 Å². The maximum absolute atomic E-state index is 12.8. The van der Waals surface area contributed by atoms with Crippen molar-refractivity contribution in [1.29, 1.82) is 0 Å². The number of rotatable bonds is 40. The van der Waals surface area contributed by atoms with Gasteiger partial charge in [0.05, 0.1) is 31.7 Å². The van der Waals surface area contributed by atoms with Gasteiger partial charge in [0.15, 0.2) is 6.10 Å². The molecule has 0 aromatic carbocycles. The largest absolute Gasteiger partial charge is 0.465 e. The molecule has 3 atom stereocenters. The van der Waals surface area contributed by atoms with Crippen molar-refractivity contribution in [3.8, 4) is 0 Å². The number of carbonyl (C=O) groups is 4. The Bertz CT molecular complexity index is 892. The van der Waals surface area contributed by atoms with Crippen molar-refractivity contribution in [2.45, 2.75) is 226 Å². The number of hydrogen-bond acceptors (Lipinski definition) is 9. The molecule has 318 valence electrons. The lowest BCUT2D eigenvalue weighted by molar-refractivity contribution is -0.161. The molecule has 0 fully saturated rings. The molecule has 54 heavy (non-hydrogen) atoms. The number of hydrogen-bond donors (Lipinski definition) is 1. The van der Waals surface area contributed by atoms with Crippen LogP contribution in [0.15, 0.2) is 0 Å². The van der Waals surface area contributed by atoms with Crippen molar-refractivity contribution in [3.05, 3.63) is 0 Å². The van der Waals surface area contributed by atoms with Crippen molar-refractivity contribution >= 4 is 23.9 Å². The summed E-state index contributed by atoms with van der Waals surface area (Å²) in [5.41, 5.74) is 0. The van der Waals surface area contributed by atoms with E-state index < -0.39 is 24.6 Å². The predicted molar refractivity (Wildman–Crippen MR) is 218 cm³/mol. The molecule has 0 aliphatic heterocycles. The van der Waals surface area contributed by atoms with Crippen LogP contribution in [0.2, 0.25) is 0 Å². The molecule has 0 bridgehead atoms. The van der Waals surface area contributed by atoms with Crippen LogP contribution < -0.4 is 0 Å². The first-order chi connectivity index (χ1) is 26.3. The minimum atomic E-state index is -0.934. The molecule has 0 saturated carbocycles. The third kappa shape index (κ3) is 32.1. The second-order valence-corrected chi connectivity index (χ2v) is 15.4. The van der Waals surface area contributed by atoms with Gasteiger partial charge >= 0.3 is 23.9 Å². The predicted octanol–water partition coefficient (Wildman–Crippen LogP) is 11.5. The van der Waals surface area contributed by atoms with E-state index in [1.165, 1.54) is 77.0 Å².